The lowest BCUT2D eigenvalue weighted by Gasteiger charge is -2.23. The van der Waals surface area contributed by atoms with Crippen molar-refractivity contribution in [2.45, 2.75) is 45.6 Å². The molecule has 0 saturated heterocycles. The zero-order valence-corrected chi connectivity index (χ0v) is 12.1. The van der Waals surface area contributed by atoms with Gasteiger partial charge in [0, 0.05) is 18.2 Å². The molecule has 0 fully saturated rings. The van der Waals surface area contributed by atoms with Crippen molar-refractivity contribution in [3.8, 4) is 0 Å². The van der Waals surface area contributed by atoms with Crippen LogP contribution in [0.4, 0.5) is 0 Å². The molecule has 0 aliphatic carbocycles. The van der Waals surface area contributed by atoms with Crippen LogP contribution in [-0.2, 0) is 0 Å². The van der Waals surface area contributed by atoms with E-state index in [0.29, 0.717) is 12.0 Å². The van der Waals surface area contributed by atoms with Crippen LogP contribution in [0.2, 0.25) is 0 Å². The minimum Gasteiger partial charge on any atom is -0.314 e. The summed E-state index contributed by atoms with van der Waals surface area (Å²) in [5, 5.41) is 3.56. The van der Waals surface area contributed by atoms with Gasteiger partial charge in [-0.2, -0.15) is 0 Å². The molecule has 0 amide bonds. The van der Waals surface area contributed by atoms with Crippen molar-refractivity contribution in [1.82, 2.24) is 15.3 Å². The van der Waals surface area contributed by atoms with Crippen LogP contribution in [0.1, 0.15) is 45.2 Å². The molecular formula is C16H23N3. The summed E-state index contributed by atoms with van der Waals surface area (Å²) in [6, 6.07) is 8.48. The molecule has 0 saturated carbocycles. The predicted molar refractivity (Wildman–Crippen MR) is 80.3 cm³/mol. The fourth-order valence-electron chi connectivity index (χ4n) is 2.48. The quantitative estimate of drug-likeness (QED) is 0.860. The summed E-state index contributed by atoms with van der Waals surface area (Å²) in [5.74, 6) is 0.420. The van der Waals surface area contributed by atoms with E-state index in [1.807, 2.05) is 30.5 Å². The summed E-state index contributed by atoms with van der Waals surface area (Å²) in [6.07, 6.45) is 4.16. The fourth-order valence-corrected chi connectivity index (χ4v) is 2.48. The Morgan fingerprint density at radius 2 is 1.89 bits per heavy atom. The first-order valence-electron chi connectivity index (χ1n) is 7.21. The number of benzene rings is 1. The molecule has 2 rings (SSSR count). The zero-order valence-electron chi connectivity index (χ0n) is 12.1. The summed E-state index contributed by atoms with van der Waals surface area (Å²) < 4.78 is 0. The lowest BCUT2D eigenvalue weighted by Crippen LogP contribution is -2.33. The van der Waals surface area contributed by atoms with E-state index in [1.165, 1.54) is 0 Å². The van der Waals surface area contributed by atoms with Crippen molar-refractivity contribution in [3.05, 3.63) is 36.2 Å². The van der Waals surface area contributed by atoms with Crippen LogP contribution in [0.3, 0.4) is 0 Å². The summed E-state index contributed by atoms with van der Waals surface area (Å²) in [5.41, 5.74) is 3.05. The highest BCUT2D eigenvalue weighted by Crippen LogP contribution is 2.22. The third-order valence-corrected chi connectivity index (χ3v) is 3.61. The highest BCUT2D eigenvalue weighted by molar-refractivity contribution is 5.73. The first kappa shape index (κ1) is 13.9. The molecule has 0 bridgehead atoms. The third-order valence-electron chi connectivity index (χ3n) is 3.61. The molecule has 2 unspecified atom stereocenters. The Balaban J connectivity index is 2.24. The van der Waals surface area contributed by atoms with Gasteiger partial charge < -0.3 is 5.32 Å². The van der Waals surface area contributed by atoms with Crippen molar-refractivity contribution in [2.75, 3.05) is 6.54 Å². The number of hydrogen-bond donors (Lipinski definition) is 1. The Kier molecular flexibility index (Phi) is 4.86. The Hall–Kier alpha value is -1.48. The minimum atomic E-state index is 0.420. The standard InChI is InChI=1S/C16H23N3/c1-4-10-17-12(3)13(5-2)16-11-18-14-8-6-7-9-15(14)19-16/h6-9,11-13,17H,4-5,10H2,1-3H3. The van der Waals surface area contributed by atoms with E-state index in [4.69, 9.17) is 4.98 Å². The molecule has 1 N–H and O–H groups in total. The number of rotatable bonds is 6. The van der Waals surface area contributed by atoms with Crippen LogP contribution < -0.4 is 5.32 Å². The van der Waals surface area contributed by atoms with E-state index in [2.05, 4.69) is 31.1 Å². The molecular weight excluding hydrogens is 234 g/mol. The Labute approximate surface area is 115 Å². The normalized spacial score (nSPS) is 14.5. The van der Waals surface area contributed by atoms with Gasteiger partial charge in [0.05, 0.1) is 16.7 Å². The maximum atomic E-state index is 4.77. The molecule has 0 spiro atoms. The maximum absolute atomic E-state index is 4.77. The van der Waals surface area contributed by atoms with Crippen molar-refractivity contribution in [2.24, 2.45) is 0 Å². The Morgan fingerprint density at radius 3 is 2.58 bits per heavy atom. The number of nitrogens with one attached hydrogen (secondary N) is 1. The smallest absolute Gasteiger partial charge is 0.0890 e. The van der Waals surface area contributed by atoms with Gasteiger partial charge in [0.25, 0.3) is 0 Å². The second kappa shape index (κ2) is 6.62. The van der Waals surface area contributed by atoms with E-state index in [-0.39, 0.29) is 0 Å². The average Bonchev–Trinajstić information content (AvgIpc) is 2.45. The average molecular weight is 257 g/mol. The first-order valence-corrected chi connectivity index (χ1v) is 7.21. The molecule has 0 aliphatic rings. The monoisotopic (exact) mass is 257 g/mol. The molecule has 1 aromatic heterocycles. The molecule has 102 valence electrons. The molecule has 1 heterocycles. The highest BCUT2D eigenvalue weighted by Gasteiger charge is 2.18. The SMILES string of the molecule is CCCNC(C)C(CC)c1cnc2ccccc2n1. The lowest BCUT2D eigenvalue weighted by molar-refractivity contribution is 0.443. The van der Waals surface area contributed by atoms with Gasteiger partial charge in [0.1, 0.15) is 0 Å². The molecule has 3 nitrogen and oxygen atoms in total. The first-order chi connectivity index (χ1) is 9.26. The van der Waals surface area contributed by atoms with Gasteiger partial charge in [-0.25, -0.2) is 4.98 Å². The zero-order chi connectivity index (χ0) is 13.7. The van der Waals surface area contributed by atoms with Crippen LogP contribution in [0, 0.1) is 0 Å². The second-order valence-electron chi connectivity index (χ2n) is 5.04. The van der Waals surface area contributed by atoms with Crippen LogP contribution in [0.25, 0.3) is 11.0 Å². The van der Waals surface area contributed by atoms with E-state index in [1.54, 1.807) is 0 Å². The predicted octanol–water partition coefficient (Wildman–Crippen LogP) is 3.51. The summed E-state index contributed by atoms with van der Waals surface area (Å²) in [4.78, 5) is 9.30. The van der Waals surface area contributed by atoms with Gasteiger partial charge in [-0.15, -0.1) is 0 Å². The number of nitrogens with zero attached hydrogens (tertiary/aromatic N) is 2. The summed E-state index contributed by atoms with van der Waals surface area (Å²) >= 11 is 0. The van der Waals surface area contributed by atoms with Crippen LogP contribution >= 0.6 is 0 Å². The molecule has 1 aromatic carbocycles. The number of aromatic nitrogens is 2. The van der Waals surface area contributed by atoms with Crippen molar-refractivity contribution in [1.29, 1.82) is 0 Å². The largest absolute Gasteiger partial charge is 0.314 e. The molecule has 3 heteroatoms. The van der Waals surface area contributed by atoms with Crippen LogP contribution in [-0.4, -0.2) is 22.6 Å². The van der Waals surface area contributed by atoms with Crippen molar-refractivity contribution in [3.63, 3.8) is 0 Å². The number of fused-ring (bicyclic) bond motifs is 1. The Bertz CT molecular complexity index is 524. The Morgan fingerprint density at radius 1 is 1.16 bits per heavy atom. The van der Waals surface area contributed by atoms with Crippen LogP contribution in [0.5, 0.6) is 0 Å². The van der Waals surface area contributed by atoms with Gasteiger partial charge in [-0.1, -0.05) is 26.0 Å². The minimum absolute atomic E-state index is 0.420. The van der Waals surface area contributed by atoms with Gasteiger partial charge in [-0.3, -0.25) is 4.98 Å². The third kappa shape index (κ3) is 3.29. The lowest BCUT2D eigenvalue weighted by atomic mass is 9.94. The van der Waals surface area contributed by atoms with Gasteiger partial charge in [0.15, 0.2) is 0 Å². The number of hydrogen-bond acceptors (Lipinski definition) is 3. The molecule has 2 aromatic rings. The molecule has 19 heavy (non-hydrogen) atoms. The van der Waals surface area contributed by atoms with Crippen LogP contribution in [0.15, 0.2) is 30.5 Å². The molecule has 2 atom stereocenters. The highest BCUT2D eigenvalue weighted by atomic mass is 14.9. The fraction of sp³-hybridized carbons (Fsp3) is 0.500. The molecule has 0 radical (unpaired) electrons. The van der Waals surface area contributed by atoms with Gasteiger partial charge in [0.2, 0.25) is 0 Å². The second-order valence-corrected chi connectivity index (χ2v) is 5.04. The van der Waals surface area contributed by atoms with Gasteiger partial charge in [-0.05, 0) is 38.4 Å². The summed E-state index contributed by atoms with van der Waals surface area (Å²) in [7, 11) is 0. The van der Waals surface area contributed by atoms with Crippen molar-refractivity contribution < 1.29 is 0 Å². The van der Waals surface area contributed by atoms with E-state index >= 15 is 0 Å². The van der Waals surface area contributed by atoms with E-state index < -0.39 is 0 Å². The van der Waals surface area contributed by atoms with Gasteiger partial charge >= 0.3 is 0 Å². The van der Waals surface area contributed by atoms with E-state index in [0.717, 1.165) is 36.1 Å². The summed E-state index contributed by atoms with van der Waals surface area (Å²) in [6.45, 7) is 7.70. The van der Waals surface area contributed by atoms with Crippen molar-refractivity contribution >= 4 is 11.0 Å². The maximum Gasteiger partial charge on any atom is 0.0890 e. The molecule has 0 aliphatic heterocycles. The van der Waals surface area contributed by atoms with E-state index in [9.17, 15) is 0 Å². The topological polar surface area (TPSA) is 37.8 Å². The number of para-hydroxylation sites is 2.